The molecule has 2 atom stereocenters. The van der Waals surface area contributed by atoms with E-state index >= 15 is 0 Å². The van der Waals surface area contributed by atoms with Crippen molar-refractivity contribution in [1.29, 1.82) is 0 Å². The maximum atomic E-state index is 6.20. The molecule has 106 valence electrons. The van der Waals surface area contributed by atoms with Crippen LogP contribution >= 0.6 is 0 Å². The van der Waals surface area contributed by atoms with Gasteiger partial charge in [0.15, 0.2) is 0 Å². The van der Waals surface area contributed by atoms with Crippen LogP contribution in [0.2, 0.25) is 0 Å². The summed E-state index contributed by atoms with van der Waals surface area (Å²) in [6.45, 7) is 10.4. The molecule has 2 saturated carbocycles. The van der Waals surface area contributed by atoms with Gasteiger partial charge >= 0.3 is 0 Å². The lowest BCUT2D eigenvalue weighted by Crippen LogP contribution is -2.64. The molecule has 0 spiro atoms. The highest BCUT2D eigenvalue weighted by atomic mass is 15.1. The first kappa shape index (κ1) is 14.3. The molecule has 0 radical (unpaired) electrons. The van der Waals surface area contributed by atoms with Crippen LogP contribution in [0.25, 0.3) is 0 Å². The molecule has 2 heteroatoms. The van der Waals surface area contributed by atoms with Crippen molar-refractivity contribution in [3.63, 3.8) is 0 Å². The minimum Gasteiger partial charge on any atom is -0.329 e. The van der Waals surface area contributed by atoms with Gasteiger partial charge in [0.25, 0.3) is 0 Å². The van der Waals surface area contributed by atoms with Crippen molar-refractivity contribution in [2.24, 2.45) is 16.6 Å². The molecule has 0 amide bonds. The van der Waals surface area contributed by atoms with Crippen LogP contribution in [-0.2, 0) is 0 Å². The van der Waals surface area contributed by atoms with Gasteiger partial charge in [-0.1, -0.05) is 40.5 Å². The van der Waals surface area contributed by atoms with E-state index < -0.39 is 0 Å². The summed E-state index contributed by atoms with van der Waals surface area (Å²) < 4.78 is 0. The Morgan fingerprint density at radius 2 is 1.72 bits per heavy atom. The van der Waals surface area contributed by atoms with Crippen LogP contribution < -0.4 is 11.1 Å². The van der Waals surface area contributed by atoms with Crippen LogP contribution in [0.15, 0.2) is 0 Å². The van der Waals surface area contributed by atoms with Gasteiger partial charge in [-0.3, -0.25) is 0 Å². The third kappa shape index (κ3) is 2.60. The van der Waals surface area contributed by atoms with E-state index in [1.165, 1.54) is 44.9 Å². The highest BCUT2D eigenvalue weighted by Gasteiger charge is 2.47. The average Bonchev–Trinajstić information content (AvgIpc) is 2.61. The fourth-order valence-corrected chi connectivity index (χ4v) is 4.23. The fourth-order valence-electron chi connectivity index (χ4n) is 4.23. The molecule has 18 heavy (non-hydrogen) atoms. The van der Waals surface area contributed by atoms with Gasteiger partial charge < -0.3 is 11.1 Å². The van der Waals surface area contributed by atoms with Crippen LogP contribution in [-0.4, -0.2) is 18.1 Å². The van der Waals surface area contributed by atoms with E-state index in [0.29, 0.717) is 16.9 Å². The second-order valence-electron chi connectivity index (χ2n) is 8.13. The van der Waals surface area contributed by atoms with E-state index in [4.69, 9.17) is 5.73 Å². The molecule has 2 aliphatic carbocycles. The maximum absolute atomic E-state index is 6.20. The van der Waals surface area contributed by atoms with Gasteiger partial charge in [-0.15, -0.1) is 0 Å². The van der Waals surface area contributed by atoms with Crippen molar-refractivity contribution in [3.8, 4) is 0 Å². The lowest BCUT2D eigenvalue weighted by molar-refractivity contribution is 0.0568. The third-order valence-corrected chi connectivity index (χ3v) is 5.75. The Kier molecular flexibility index (Phi) is 3.81. The second-order valence-corrected chi connectivity index (χ2v) is 8.13. The molecule has 2 aliphatic rings. The van der Waals surface area contributed by atoms with E-state index in [-0.39, 0.29) is 5.54 Å². The molecule has 0 aromatic heterocycles. The van der Waals surface area contributed by atoms with E-state index in [2.05, 4.69) is 33.0 Å². The van der Waals surface area contributed by atoms with Gasteiger partial charge in [0.05, 0.1) is 0 Å². The Bertz CT molecular complexity index is 295. The van der Waals surface area contributed by atoms with Crippen LogP contribution in [0.5, 0.6) is 0 Å². The molecule has 3 N–H and O–H groups in total. The van der Waals surface area contributed by atoms with Crippen LogP contribution in [0.3, 0.4) is 0 Å². The first-order valence-electron chi connectivity index (χ1n) is 7.78. The van der Waals surface area contributed by atoms with Gasteiger partial charge in [0.1, 0.15) is 0 Å². The van der Waals surface area contributed by atoms with E-state index in [0.717, 1.165) is 6.54 Å². The summed E-state index contributed by atoms with van der Waals surface area (Å²) in [6.07, 6.45) is 9.26. The zero-order chi connectivity index (χ0) is 13.4. The molecule has 2 fully saturated rings. The zero-order valence-electron chi connectivity index (χ0n) is 12.8. The number of hydrogen-bond donors (Lipinski definition) is 2. The van der Waals surface area contributed by atoms with E-state index in [9.17, 15) is 0 Å². The topological polar surface area (TPSA) is 38.0 Å². The number of nitrogens with two attached hydrogens (primary N) is 1. The highest BCUT2D eigenvalue weighted by Crippen LogP contribution is 2.45. The summed E-state index contributed by atoms with van der Waals surface area (Å²) in [5, 5.41) is 4.00. The second kappa shape index (κ2) is 4.79. The van der Waals surface area contributed by atoms with Gasteiger partial charge in [-0.2, -0.15) is 0 Å². The summed E-state index contributed by atoms with van der Waals surface area (Å²) in [7, 11) is 0. The molecule has 0 aromatic carbocycles. The maximum Gasteiger partial charge on any atom is 0.0357 e. The summed E-state index contributed by atoms with van der Waals surface area (Å²) in [5.41, 5.74) is 7.23. The van der Waals surface area contributed by atoms with Crippen LogP contribution in [0, 0.1) is 10.8 Å². The largest absolute Gasteiger partial charge is 0.329 e. The first-order chi connectivity index (χ1) is 8.30. The van der Waals surface area contributed by atoms with Crippen molar-refractivity contribution in [2.45, 2.75) is 84.2 Å². The minimum atomic E-state index is 0.177. The van der Waals surface area contributed by atoms with E-state index in [1.54, 1.807) is 0 Å². The summed E-state index contributed by atoms with van der Waals surface area (Å²) in [4.78, 5) is 0. The first-order valence-corrected chi connectivity index (χ1v) is 7.78. The number of hydrogen-bond acceptors (Lipinski definition) is 2. The predicted molar refractivity (Wildman–Crippen MR) is 78.6 cm³/mol. The van der Waals surface area contributed by atoms with Gasteiger partial charge in [0, 0.05) is 18.1 Å². The van der Waals surface area contributed by atoms with Crippen molar-refractivity contribution >= 4 is 0 Å². The molecule has 0 bridgehead atoms. The Morgan fingerprint density at radius 1 is 1.06 bits per heavy atom. The van der Waals surface area contributed by atoms with Gasteiger partial charge in [-0.25, -0.2) is 0 Å². The molecule has 0 aromatic rings. The summed E-state index contributed by atoms with van der Waals surface area (Å²) in [6, 6.07) is 0.681. The van der Waals surface area contributed by atoms with Crippen LogP contribution in [0.4, 0.5) is 0 Å². The Morgan fingerprint density at radius 3 is 2.22 bits per heavy atom. The van der Waals surface area contributed by atoms with Crippen molar-refractivity contribution < 1.29 is 0 Å². The molecular weight excluding hydrogens is 220 g/mol. The molecule has 0 heterocycles. The van der Waals surface area contributed by atoms with Gasteiger partial charge in [0.2, 0.25) is 0 Å². The number of rotatable bonds is 3. The summed E-state index contributed by atoms with van der Waals surface area (Å²) >= 11 is 0. The lowest BCUT2D eigenvalue weighted by Gasteiger charge is -2.52. The molecule has 2 nitrogen and oxygen atoms in total. The SMILES string of the molecule is CC1(C)CCC(NC2(CN)CCCCC2(C)C)C1. The quantitative estimate of drug-likeness (QED) is 0.807. The highest BCUT2D eigenvalue weighted by molar-refractivity contribution is 5.06. The molecule has 0 saturated heterocycles. The summed E-state index contributed by atoms with van der Waals surface area (Å²) in [5.74, 6) is 0. The number of nitrogens with one attached hydrogen (secondary N) is 1. The predicted octanol–water partition coefficient (Wildman–Crippen LogP) is 3.45. The monoisotopic (exact) mass is 252 g/mol. The molecular formula is C16H32N2. The Balaban J connectivity index is 2.08. The zero-order valence-corrected chi connectivity index (χ0v) is 12.8. The van der Waals surface area contributed by atoms with E-state index in [1.807, 2.05) is 0 Å². The fraction of sp³-hybridized carbons (Fsp3) is 1.00. The molecule has 2 rings (SSSR count). The Hall–Kier alpha value is -0.0800. The van der Waals surface area contributed by atoms with Gasteiger partial charge in [-0.05, 0) is 42.9 Å². The Labute approximate surface area is 113 Å². The smallest absolute Gasteiger partial charge is 0.0357 e. The third-order valence-electron chi connectivity index (χ3n) is 5.75. The van der Waals surface area contributed by atoms with Crippen LogP contribution in [0.1, 0.15) is 72.6 Å². The van der Waals surface area contributed by atoms with Crippen molar-refractivity contribution in [2.75, 3.05) is 6.54 Å². The van der Waals surface area contributed by atoms with Crippen molar-refractivity contribution in [1.82, 2.24) is 5.32 Å². The standard InChI is InChI=1S/C16H32N2/c1-14(2)10-7-13(11-14)18-16(12-17)9-6-5-8-15(16,3)4/h13,18H,5-12,17H2,1-4H3. The molecule has 0 aliphatic heterocycles. The molecule has 2 unspecified atom stereocenters. The average molecular weight is 252 g/mol. The minimum absolute atomic E-state index is 0.177. The van der Waals surface area contributed by atoms with Crippen molar-refractivity contribution in [3.05, 3.63) is 0 Å². The lowest BCUT2D eigenvalue weighted by atomic mass is 9.62. The normalized spacial score (nSPS) is 38.8.